The van der Waals surface area contributed by atoms with Crippen LogP contribution in [0.2, 0.25) is 0 Å². The number of alkyl carbamates (subject to hydrolysis) is 1. The van der Waals surface area contributed by atoms with Crippen LogP contribution in [-0.2, 0) is 25.3 Å². The Morgan fingerprint density at radius 1 is 1.20 bits per heavy atom. The van der Waals surface area contributed by atoms with Gasteiger partial charge in [0.05, 0.1) is 11.2 Å². The van der Waals surface area contributed by atoms with Crippen LogP contribution in [-0.4, -0.2) is 42.5 Å². The number of carbonyl (C=O) groups is 2. The standard InChI is InChI=1S/C22H35BN2O5/c1-15(25-19(27)28-20(2,3)4)9-10-16-13-17(11-12-18(16)24-14-26)23-29-21(5,6)22(7,8)30-23/h11-15H,9-10H2,1-8H3,(H,24,26)(H,25,27)/t15-/m1/s1. The van der Waals surface area contributed by atoms with Crippen LogP contribution in [0.4, 0.5) is 10.5 Å². The molecule has 1 atom stereocenters. The molecule has 1 aliphatic rings. The monoisotopic (exact) mass is 418 g/mol. The van der Waals surface area contributed by atoms with Crippen LogP contribution < -0.4 is 16.1 Å². The number of ether oxygens (including phenoxy) is 1. The van der Waals surface area contributed by atoms with Crippen molar-refractivity contribution in [3.63, 3.8) is 0 Å². The molecule has 0 unspecified atom stereocenters. The Kier molecular flexibility index (Phi) is 7.25. The van der Waals surface area contributed by atoms with Gasteiger partial charge in [0.25, 0.3) is 0 Å². The molecule has 2 rings (SSSR count). The van der Waals surface area contributed by atoms with E-state index in [9.17, 15) is 9.59 Å². The van der Waals surface area contributed by atoms with Crippen molar-refractivity contribution in [1.29, 1.82) is 0 Å². The van der Waals surface area contributed by atoms with Gasteiger partial charge in [-0.15, -0.1) is 0 Å². The third kappa shape index (κ3) is 6.22. The van der Waals surface area contributed by atoms with E-state index >= 15 is 0 Å². The summed E-state index contributed by atoms with van der Waals surface area (Å²) in [6, 6.07) is 5.66. The van der Waals surface area contributed by atoms with Crippen LogP contribution in [0.3, 0.4) is 0 Å². The van der Waals surface area contributed by atoms with Crippen molar-refractivity contribution >= 4 is 30.8 Å². The fraction of sp³-hybridized carbons (Fsp3) is 0.636. The van der Waals surface area contributed by atoms with Crippen LogP contribution in [0.15, 0.2) is 18.2 Å². The molecule has 2 N–H and O–H groups in total. The second-order valence-electron chi connectivity index (χ2n) is 9.85. The van der Waals surface area contributed by atoms with Gasteiger partial charge in [-0.05, 0) is 85.3 Å². The highest BCUT2D eigenvalue weighted by Crippen LogP contribution is 2.36. The van der Waals surface area contributed by atoms with Crippen molar-refractivity contribution in [3.8, 4) is 0 Å². The van der Waals surface area contributed by atoms with Crippen LogP contribution in [0.5, 0.6) is 0 Å². The van der Waals surface area contributed by atoms with E-state index in [-0.39, 0.29) is 6.04 Å². The van der Waals surface area contributed by atoms with Gasteiger partial charge in [-0.25, -0.2) is 4.79 Å². The lowest BCUT2D eigenvalue weighted by Crippen LogP contribution is -2.41. The Bertz CT molecular complexity index is 757. The molecule has 1 aromatic rings. The fourth-order valence-electron chi connectivity index (χ4n) is 3.10. The SMILES string of the molecule is C[C@H](CCc1cc(B2OC(C)(C)C(C)(C)O2)ccc1NC=O)NC(=O)OC(C)(C)C. The van der Waals surface area contributed by atoms with Gasteiger partial charge in [-0.1, -0.05) is 12.1 Å². The van der Waals surface area contributed by atoms with Crippen molar-refractivity contribution in [2.24, 2.45) is 0 Å². The van der Waals surface area contributed by atoms with Gasteiger partial charge < -0.3 is 24.7 Å². The van der Waals surface area contributed by atoms with Gasteiger partial charge >= 0.3 is 13.2 Å². The molecule has 7 nitrogen and oxygen atoms in total. The normalized spacial score (nSPS) is 18.6. The average molecular weight is 418 g/mol. The minimum absolute atomic E-state index is 0.0931. The van der Waals surface area contributed by atoms with E-state index in [1.165, 1.54) is 0 Å². The molecule has 30 heavy (non-hydrogen) atoms. The molecule has 166 valence electrons. The van der Waals surface area contributed by atoms with Crippen LogP contribution in [0, 0.1) is 0 Å². The molecule has 0 radical (unpaired) electrons. The summed E-state index contributed by atoms with van der Waals surface area (Å²) in [4.78, 5) is 23.0. The topological polar surface area (TPSA) is 85.9 Å². The zero-order valence-electron chi connectivity index (χ0n) is 19.4. The van der Waals surface area contributed by atoms with Gasteiger partial charge in [-0.3, -0.25) is 4.79 Å². The van der Waals surface area contributed by atoms with Crippen LogP contribution in [0.25, 0.3) is 0 Å². The molecular formula is C22H35BN2O5. The number of carbonyl (C=O) groups excluding carboxylic acids is 2. The highest BCUT2D eigenvalue weighted by atomic mass is 16.7. The molecule has 8 heteroatoms. The van der Waals surface area contributed by atoms with Crippen molar-refractivity contribution in [2.45, 2.75) is 91.1 Å². The summed E-state index contributed by atoms with van der Waals surface area (Å²) in [7, 11) is -0.476. The number of rotatable bonds is 7. The van der Waals surface area contributed by atoms with Crippen molar-refractivity contribution in [2.75, 3.05) is 5.32 Å². The van der Waals surface area contributed by atoms with E-state index in [2.05, 4.69) is 10.6 Å². The summed E-state index contributed by atoms with van der Waals surface area (Å²) in [5, 5.41) is 5.60. The van der Waals surface area contributed by atoms with Gasteiger partial charge in [0.1, 0.15) is 5.60 Å². The molecule has 0 aromatic heterocycles. The number of anilines is 1. The van der Waals surface area contributed by atoms with Crippen molar-refractivity contribution < 1.29 is 23.6 Å². The maximum Gasteiger partial charge on any atom is 0.494 e. The quantitative estimate of drug-likeness (QED) is 0.524. The van der Waals surface area contributed by atoms with E-state index in [0.29, 0.717) is 19.3 Å². The number of benzene rings is 1. The molecule has 2 amide bonds. The fourth-order valence-corrected chi connectivity index (χ4v) is 3.10. The van der Waals surface area contributed by atoms with Crippen molar-refractivity contribution in [3.05, 3.63) is 23.8 Å². The number of hydrogen-bond acceptors (Lipinski definition) is 5. The third-order valence-corrected chi connectivity index (χ3v) is 5.48. The maximum atomic E-state index is 12.0. The molecule has 1 aromatic carbocycles. The van der Waals surface area contributed by atoms with Gasteiger partial charge in [-0.2, -0.15) is 0 Å². The molecule has 0 aliphatic carbocycles. The lowest BCUT2D eigenvalue weighted by Gasteiger charge is -2.32. The highest BCUT2D eigenvalue weighted by Gasteiger charge is 2.51. The van der Waals surface area contributed by atoms with E-state index in [4.69, 9.17) is 14.0 Å². The Labute approximate surface area is 180 Å². The number of aryl methyl sites for hydroxylation is 1. The number of amides is 2. The molecular weight excluding hydrogens is 383 g/mol. The molecule has 1 heterocycles. The van der Waals surface area contributed by atoms with Crippen LogP contribution in [0.1, 0.15) is 67.4 Å². The Hall–Kier alpha value is -2.06. The summed E-state index contributed by atoms with van der Waals surface area (Å²) in [6.45, 7) is 15.5. The van der Waals surface area contributed by atoms with Crippen LogP contribution >= 0.6 is 0 Å². The maximum absolute atomic E-state index is 12.0. The van der Waals surface area contributed by atoms with Gasteiger partial charge in [0.15, 0.2) is 0 Å². The summed E-state index contributed by atoms with van der Waals surface area (Å²) in [6.07, 6.45) is 1.56. The lowest BCUT2D eigenvalue weighted by atomic mass is 9.77. The largest absolute Gasteiger partial charge is 0.494 e. The first-order valence-corrected chi connectivity index (χ1v) is 10.4. The Morgan fingerprint density at radius 3 is 2.33 bits per heavy atom. The molecule has 0 bridgehead atoms. The summed E-state index contributed by atoms with van der Waals surface area (Å²) in [5.74, 6) is 0. The van der Waals surface area contributed by atoms with E-state index in [1.807, 2.05) is 73.6 Å². The van der Waals surface area contributed by atoms with E-state index in [0.717, 1.165) is 16.7 Å². The molecule has 1 aliphatic heterocycles. The minimum atomic E-state index is -0.540. The highest BCUT2D eigenvalue weighted by molar-refractivity contribution is 6.62. The average Bonchev–Trinajstić information content (AvgIpc) is 2.80. The zero-order chi connectivity index (χ0) is 22.7. The predicted molar refractivity (Wildman–Crippen MR) is 119 cm³/mol. The Morgan fingerprint density at radius 2 is 1.80 bits per heavy atom. The van der Waals surface area contributed by atoms with Gasteiger partial charge in [0, 0.05) is 11.7 Å². The minimum Gasteiger partial charge on any atom is -0.444 e. The van der Waals surface area contributed by atoms with E-state index < -0.39 is 30.0 Å². The summed E-state index contributed by atoms with van der Waals surface area (Å²) in [5.41, 5.74) is 1.18. The second kappa shape index (κ2) is 8.98. The van der Waals surface area contributed by atoms with Crippen molar-refractivity contribution in [1.82, 2.24) is 5.32 Å². The predicted octanol–water partition coefficient (Wildman–Crippen LogP) is 3.40. The smallest absolute Gasteiger partial charge is 0.444 e. The molecule has 0 saturated carbocycles. The molecule has 0 spiro atoms. The first-order valence-electron chi connectivity index (χ1n) is 10.4. The summed E-state index contributed by atoms with van der Waals surface area (Å²) >= 11 is 0. The molecule has 1 fully saturated rings. The lowest BCUT2D eigenvalue weighted by molar-refractivity contribution is -0.105. The number of nitrogens with one attached hydrogen (secondary N) is 2. The summed E-state index contributed by atoms with van der Waals surface area (Å²) < 4.78 is 17.6. The number of hydrogen-bond donors (Lipinski definition) is 2. The Balaban J connectivity index is 2.10. The first-order chi connectivity index (χ1) is 13.7. The molecule has 1 saturated heterocycles. The first kappa shape index (κ1) is 24.2. The van der Waals surface area contributed by atoms with Gasteiger partial charge in [0.2, 0.25) is 6.41 Å². The van der Waals surface area contributed by atoms with E-state index in [1.54, 1.807) is 0 Å². The zero-order valence-corrected chi connectivity index (χ0v) is 19.4. The third-order valence-electron chi connectivity index (χ3n) is 5.48. The second-order valence-corrected chi connectivity index (χ2v) is 9.85.